The largest absolute Gasteiger partial charge is 0.325 e. The number of imide groups is 1. The summed E-state index contributed by atoms with van der Waals surface area (Å²) in [5.74, 6) is -0.837. The van der Waals surface area contributed by atoms with Gasteiger partial charge in [0, 0.05) is 10.7 Å². The van der Waals surface area contributed by atoms with Crippen LogP contribution in [0.5, 0.6) is 0 Å². The zero-order valence-electron chi connectivity index (χ0n) is 10.8. The normalized spacial score (nSPS) is 19.1. The first-order chi connectivity index (χ1) is 9.47. The highest BCUT2D eigenvalue weighted by Crippen LogP contribution is 2.20. The molecular weight excluding hydrogens is 300 g/mol. The van der Waals surface area contributed by atoms with Crippen LogP contribution in [0.25, 0.3) is 0 Å². The van der Waals surface area contributed by atoms with Gasteiger partial charge in [0.2, 0.25) is 17.7 Å². The molecule has 0 aliphatic carbocycles. The van der Waals surface area contributed by atoms with Crippen molar-refractivity contribution in [2.24, 2.45) is 0 Å². The lowest BCUT2D eigenvalue weighted by Crippen LogP contribution is -2.49. The minimum atomic E-state index is -0.409. The Balaban J connectivity index is 1.98. The monoisotopic (exact) mass is 312 g/mol. The van der Waals surface area contributed by atoms with Gasteiger partial charge in [-0.15, -0.1) is 11.8 Å². The van der Waals surface area contributed by atoms with Gasteiger partial charge in [0.15, 0.2) is 0 Å². The van der Waals surface area contributed by atoms with E-state index in [1.54, 1.807) is 31.2 Å². The van der Waals surface area contributed by atoms with Crippen LogP contribution in [0.1, 0.15) is 6.92 Å². The Morgan fingerprint density at radius 1 is 1.40 bits per heavy atom. The first-order valence-corrected chi connectivity index (χ1v) is 7.41. The molecule has 5 nitrogen and oxygen atoms in total. The fourth-order valence-electron chi connectivity index (χ4n) is 1.73. The van der Waals surface area contributed by atoms with Crippen molar-refractivity contribution in [1.29, 1.82) is 0 Å². The summed E-state index contributed by atoms with van der Waals surface area (Å²) in [5.41, 5.74) is 0.568. The van der Waals surface area contributed by atoms with Crippen molar-refractivity contribution in [2.45, 2.75) is 12.2 Å². The van der Waals surface area contributed by atoms with Crippen molar-refractivity contribution in [1.82, 2.24) is 4.90 Å². The average molecular weight is 313 g/mol. The third-order valence-electron chi connectivity index (χ3n) is 2.80. The highest BCUT2D eigenvalue weighted by Gasteiger charge is 2.33. The number of carbonyl (C=O) groups is 3. The second kappa shape index (κ2) is 6.28. The summed E-state index contributed by atoms with van der Waals surface area (Å²) < 4.78 is 0. The van der Waals surface area contributed by atoms with Crippen molar-refractivity contribution in [3.05, 3.63) is 29.3 Å². The van der Waals surface area contributed by atoms with Crippen molar-refractivity contribution in [3.8, 4) is 0 Å². The first-order valence-electron chi connectivity index (χ1n) is 5.98. The number of rotatable bonds is 3. The first kappa shape index (κ1) is 14.9. The Morgan fingerprint density at radius 3 is 2.70 bits per heavy atom. The molecule has 1 atom stereocenters. The fourth-order valence-corrected chi connectivity index (χ4v) is 2.68. The number of thioether (sulfide) groups is 1. The molecule has 2 rings (SSSR count). The van der Waals surface area contributed by atoms with Gasteiger partial charge in [-0.3, -0.25) is 19.3 Å². The Labute approximate surface area is 125 Å². The van der Waals surface area contributed by atoms with Crippen molar-refractivity contribution in [2.75, 3.05) is 17.6 Å². The van der Waals surface area contributed by atoms with Crippen LogP contribution in [0.3, 0.4) is 0 Å². The number of halogens is 1. The smallest absolute Gasteiger partial charge is 0.244 e. The van der Waals surface area contributed by atoms with Crippen LogP contribution >= 0.6 is 23.4 Å². The number of carbonyl (C=O) groups excluding carboxylic acids is 3. The molecule has 7 heteroatoms. The number of nitrogens with one attached hydrogen (secondary N) is 1. The molecule has 1 N–H and O–H groups in total. The zero-order valence-corrected chi connectivity index (χ0v) is 12.3. The molecule has 0 spiro atoms. The average Bonchev–Trinajstić information content (AvgIpc) is 2.42. The van der Waals surface area contributed by atoms with Gasteiger partial charge in [-0.05, 0) is 31.2 Å². The Bertz CT molecular complexity index is 547. The number of nitrogens with zero attached hydrogens (tertiary/aromatic N) is 1. The molecule has 0 radical (unpaired) electrons. The van der Waals surface area contributed by atoms with E-state index in [0.29, 0.717) is 10.7 Å². The second-order valence-electron chi connectivity index (χ2n) is 4.33. The van der Waals surface area contributed by atoms with Gasteiger partial charge in [0.1, 0.15) is 6.54 Å². The van der Waals surface area contributed by atoms with Crippen LogP contribution in [0.4, 0.5) is 5.69 Å². The van der Waals surface area contributed by atoms with E-state index in [0.717, 1.165) is 4.90 Å². The van der Waals surface area contributed by atoms with Crippen LogP contribution in [0, 0.1) is 0 Å². The van der Waals surface area contributed by atoms with Crippen molar-refractivity contribution < 1.29 is 14.4 Å². The minimum absolute atomic E-state index is 0.223. The predicted octanol–water partition coefficient (Wildman–Crippen LogP) is 1.77. The number of benzene rings is 1. The van der Waals surface area contributed by atoms with Gasteiger partial charge < -0.3 is 5.32 Å². The van der Waals surface area contributed by atoms with E-state index >= 15 is 0 Å². The van der Waals surface area contributed by atoms with E-state index in [9.17, 15) is 14.4 Å². The maximum Gasteiger partial charge on any atom is 0.244 e. The number of amides is 3. The maximum atomic E-state index is 11.9. The SMILES string of the molecule is CC1SCC(=O)N(CC(=O)Nc2ccc(Cl)cc2)C1=O. The lowest BCUT2D eigenvalue weighted by atomic mass is 10.3. The molecule has 1 aromatic rings. The molecule has 1 aromatic carbocycles. The lowest BCUT2D eigenvalue weighted by molar-refractivity contribution is -0.145. The topological polar surface area (TPSA) is 66.5 Å². The molecule has 106 valence electrons. The molecule has 0 saturated carbocycles. The van der Waals surface area contributed by atoms with Crippen LogP contribution in [0.2, 0.25) is 5.02 Å². The summed E-state index contributed by atoms with van der Waals surface area (Å²) in [6.07, 6.45) is 0. The van der Waals surface area contributed by atoms with E-state index in [2.05, 4.69) is 5.32 Å². The van der Waals surface area contributed by atoms with Crippen LogP contribution < -0.4 is 5.32 Å². The Morgan fingerprint density at radius 2 is 2.05 bits per heavy atom. The summed E-state index contributed by atoms with van der Waals surface area (Å²) in [4.78, 5) is 36.4. The maximum absolute atomic E-state index is 11.9. The van der Waals surface area contributed by atoms with Gasteiger partial charge in [0.05, 0.1) is 11.0 Å². The standard InChI is InChI=1S/C13H13ClN2O3S/c1-8-13(19)16(12(18)7-20-8)6-11(17)15-10-4-2-9(14)3-5-10/h2-5,8H,6-7H2,1H3,(H,15,17). The van der Waals surface area contributed by atoms with Crippen molar-refractivity contribution in [3.63, 3.8) is 0 Å². The van der Waals surface area contributed by atoms with Crippen LogP contribution in [-0.4, -0.2) is 40.2 Å². The molecule has 20 heavy (non-hydrogen) atoms. The molecule has 1 aliphatic rings. The minimum Gasteiger partial charge on any atom is -0.325 e. The van der Waals surface area contributed by atoms with Gasteiger partial charge >= 0.3 is 0 Å². The van der Waals surface area contributed by atoms with Gasteiger partial charge in [-0.2, -0.15) is 0 Å². The summed E-state index contributed by atoms with van der Waals surface area (Å²) in [5, 5.41) is 2.89. The molecule has 1 aliphatic heterocycles. The summed E-state index contributed by atoms with van der Waals surface area (Å²) in [7, 11) is 0. The molecule has 1 heterocycles. The van der Waals surface area contributed by atoms with E-state index in [1.807, 2.05) is 0 Å². The van der Waals surface area contributed by atoms with E-state index in [4.69, 9.17) is 11.6 Å². The lowest BCUT2D eigenvalue weighted by Gasteiger charge is -2.27. The van der Waals surface area contributed by atoms with E-state index in [-0.39, 0.29) is 29.4 Å². The van der Waals surface area contributed by atoms with Crippen LogP contribution in [-0.2, 0) is 14.4 Å². The van der Waals surface area contributed by atoms with Gasteiger partial charge in [0.25, 0.3) is 0 Å². The molecule has 1 fully saturated rings. The quantitative estimate of drug-likeness (QED) is 0.864. The third kappa shape index (κ3) is 3.52. The van der Waals surface area contributed by atoms with Gasteiger partial charge in [-0.1, -0.05) is 11.6 Å². The number of hydrogen-bond donors (Lipinski definition) is 1. The predicted molar refractivity (Wildman–Crippen MR) is 78.7 cm³/mol. The van der Waals surface area contributed by atoms with Crippen molar-refractivity contribution >= 4 is 46.8 Å². The number of hydrogen-bond acceptors (Lipinski definition) is 4. The molecule has 1 unspecified atom stereocenters. The van der Waals surface area contributed by atoms with E-state index in [1.165, 1.54) is 11.8 Å². The molecular formula is C13H13ClN2O3S. The highest BCUT2D eigenvalue weighted by atomic mass is 35.5. The van der Waals surface area contributed by atoms with Gasteiger partial charge in [-0.25, -0.2) is 0 Å². The molecule has 3 amide bonds. The second-order valence-corrected chi connectivity index (χ2v) is 6.09. The van der Waals surface area contributed by atoms with Crippen LogP contribution in [0.15, 0.2) is 24.3 Å². The summed E-state index contributed by atoms with van der Waals surface area (Å²) in [6, 6.07) is 6.59. The summed E-state index contributed by atoms with van der Waals surface area (Å²) in [6.45, 7) is 1.47. The fraction of sp³-hybridized carbons (Fsp3) is 0.308. The highest BCUT2D eigenvalue weighted by molar-refractivity contribution is 8.01. The summed E-state index contributed by atoms with van der Waals surface area (Å²) >= 11 is 7.03. The Kier molecular flexibility index (Phi) is 4.67. The molecule has 0 aromatic heterocycles. The zero-order chi connectivity index (χ0) is 14.7. The number of anilines is 1. The molecule has 1 saturated heterocycles. The molecule has 0 bridgehead atoms. The third-order valence-corrected chi connectivity index (χ3v) is 4.17. The van der Waals surface area contributed by atoms with E-state index < -0.39 is 5.91 Å². The Hall–Kier alpha value is -1.53.